The van der Waals surface area contributed by atoms with E-state index in [-0.39, 0.29) is 0 Å². The lowest BCUT2D eigenvalue weighted by Gasteiger charge is -2.32. The summed E-state index contributed by atoms with van der Waals surface area (Å²) in [6, 6.07) is 0. The first-order chi connectivity index (χ1) is 8.74. The maximum atomic E-state index is 10.5. The van der Waals surface area contributed by atoms with E-state index in [2.05, 4.69) is 4.90 Å². The number of nitrogens with zero attached hydrogens (tertiary/aromatic N) is 1. The van der Waals surface area contributed by atoms with Crippen LogP contribution in [0.4, 0.5) is 0 Å². The third-order valence-electron chi connectivity index (χ3n) is 4.26. The van der Waals surface area contributed by atoms with Crippen molar-refractivity contribution in [3.63, 3.8) is 0 Å². The van der Waals surface area contributed by atoms with E-state index in [9.17, 15) is 4.79 Å². The molecule has 2 rings (SSSR count). The standard InChI is InChI=1S/C14H25NO3/c16-14(17)4-3-12-5-8-15(9-6-12)10-7-13-2-1-11-18-13/h12-13H,1-11H2,(H,16,17). The third kappa shape index (κ3) is 4.58. The number of hydrogen-bond donors (Lipinski definition) is 1. The molecule has 1 atom stereocenters. The summed E-state index contributed by atoms with van der Waals surface area (Å²) >= 11 is 0. The summed E-state index contributed by atoms with van der Waals surface area (Å²) < 4.78 is 5.64. The van der Waals surface area contributed by atoms with Crippen LogP contribution in [0.2, 0.25) is 0 Å². The minimum absolute atomic E-state index is 0.334. The largest absolute Gasteiger partial charge is 0.481 e. The van der Waals surface area contributed by atoms with Crippen LogP contribution in [-0.2, 0) is 9.53 Å². The fourth-order valence-corrected chi connectivity index (χ4v) is 3.02. The van der Waals surface area contributed by atoms with Gasteiger partial charge in [-0.3, -0.25) is 4.79 Å². The predicted molar refractivity (Wildman–Crippen MR) is 69.6 cm³/mol. The van der Waals surface area contributed by atoms with Crippen molar-refractivity contribution in [3.05, 3.63) is 0 Å². The summed E-state index contributed by atoms with van der Waals surface area (Å²) in [5.74, 6) is -0.0316. The van der Waals surface area contributed by atoms with Gasteiger partial charge in [-0.2, -0.15) is 0 Å². The fraction of sp³-hybridized carbons (Fsp3) is 0.929. The van der Waals surface area contributed by atoms with Gasteiger partial charge in [-0.15, -0.1) is 0 Å². The normalized spacial score (nSPS) is 26.6. The molecule has 0 aliphatic carbocycles. The SMILES string of the molecule is O=C(O)CCC1CCN(CCC2CCCO2)CC1. The van der Waals surface area contributed by atoms with E-state index in [0.29, 0.717) is 18.4 Å². The van der Waals surface area contributed by atoms with Gasteiger partial charge in [0.1, 0.15) is 0 Å². The van der Waals surface area contributed by atoms with E-state index in [0.717, 1.165) is 32.7 Å². The number of aliphatic carboxylic acids is 1. The van der Waals surface area contributed by atoms with Crippen molar-refractivity contribution in [2.45, 2.75) is 51.0 Å². The Kier molecular flexibility index (Phi) is 5.45. The van der Waals surface area contributed by atoms with Crippen LogP contribution in [0.15, 0.2) is 0 Å². The topological polar surface area (TPSA) is 49.8 Å². The molecule has 0 amide bonds. The Morgan fingerprint density at radius 2 is 2.00 bits per heavy atom. The first-order valence-electron chi connectivity index (χ1n) is 7.30. The highest BCUT2D eigenvalue weighted by molar-refractivity contribution is 5.66. The van der Waals surface area contributed by atoms with Gasteiger partial charge >= 0.3 is 5.97 Å². The second kappa shape index (κ2) is 7.10. The molecule has 0 aromatic carbocycles. The molecule has 1 N–H and O–H groups in total. The second-order valence-corrected chi connectivity index (χ2v) is 5.64. The summed E-state index contributed by atoms with van der Waals surface area (Å²) in [6.07, 6.45) is 7.64. The summed E-state index contributed by atoms with van der Waals surface area (Å²) in [4.78, 5) is 13.0. The number of rotatable bonds is 6. The maximum absolute atomic E-state index is 10.5. The van der Waals surface area contributed by atoms with Gasteiger partial charge in [0.25, 0.3) is 0 Å². The van der Waals surface area contributed by atoms with Crippen molar-refractivity contribution in [2.24, 2.45) is 5.92 Å². The van der Waals surface area contributed by atoms with Gasteiger partial charge in [-0.05, 0) is 57.5 Å². The van der Waals surface area contributed by atoms with Crippen molar-refractivity contribution in [1.29, 1.82) is 0 Å². The molecule has 4 nitrogen and oxygen atoms in total. The first kappa shape index (κ1) is 13.8. The van der Waals surface area contributed by atoms with Crippen molar-refractivity contribution < 1.29 is 14.6 Å². The first-order valence-corrected chi connectivity index (χ1v) is 7.30. The molecule has 104 valence electrons. The zero-order valence-corrected chi connectivity index (χ0v) is 11.1. The van der Waals surface area contributed by atoms with Crippen molar-refractivity contribution in [1.82, 2.24) is 4.90 Å². The zero-order chi connectivity index (χ0) is 12.8. The highest BCUT2D eigenvalue weighted by Crippen LogP contribution is 2.23. The molecule has 0 spiro atoms. The minimum Gasteiger partial charge on any atom is -0.481 e. The molecule has 2 heterocycles. The van der Waals surface area contributed by atoms with Crippen LogP contribution in [0.5, 0.6) is 0 Å². The number of carboxylic acids is 1. The second-order valence-electron chi connectivity index (χ2n) is 5.64. The monoisotopic (exact) mass is 255 g/mol. The van der Waals surface area contributed by atoms with Gasteiger partial charge in [0.2, 0.25) is 0 Å². The Morgan fingerprint density at radius 3 is 2.61 bits per heavy atom. The molecule has 2 aliphatic heterocycles. The third-order valence-corrected chi connectivity index (χ3v) is 4.26. The van der Waals surface area contributed by atoms with E-state index in [4.69, 9.17) is 9.84 Å². The zero-order valence-electron chi connectivity index (χ0n) is 11.1. The number of carboxylic acid groups (broad SMARTS) is 1. The number of hydrogen-bond acceptors (Lipinski definition) is 3. The average Bonchev–Trinajstić information content (AvgIpc) is 2.88. The molecule has 0 radical (unpaired) electrons. The van der Waals surface area contributed by atoms with Gasteiger partial charge in [0.05, 0.1) is 6.10 Å². The molecule has 0 saturated carbocycles. The molecule has 0 bridgehead atoms. The van der Waals surface area contributed by atoms with Crippen LogP contribution in [0.3, 0.4) is 0 Å². The van der Waals surface area contributed by atoms with Crippen LogP contribution < -0.4 is 0 Å². The Balaban J connectivity index is 1.56. The summed E-state index contributed by atoms with van der Waals surface area (Å²) in [6.45, 7) is 4.37. The summed E-state index contributed by atoms with van der Waals surface area (Å²) in [7, 11) is 0. The summed E-state index contributed by atoms with van der Waals surface area (Å²) in [5.41, 5.74) is 0. The van der Waals surface area contributed by atoms with Gasteiger partial charge < -0.3 is 14.7 Å². The molecule has 2 fully saturated rings. The molecule has 4 heteroatoms. The van der Waals surface area contributed by atoms with Crippen molar-refractivity contribution in [2.75, 3.05) is 26.2 Å². The number of likely N-dealkylation sites (tertiary alicyclic amines) is 1. The lowest BCUT2D eigenvalue weighted by molar-refractivity contribution is -0.137. The van der Waals surface area contributed by atoms with Gasteiger partial charge in [-0.25, -0.2) is 0 Å². The van der Waals surface area contributed by atoms with Crippen molar-refractivity contribution in [3.8, 4) is 0 Å². The minimum atomic E-state index is -0.657. The number of carbonyl (C=O) groups is 1. The molecule has 1 unspecified atom stereocenters. The van der Waals surface area contributed by atoms with Crippen LogP contribution >= 0.6 is 0 Å². The van der Waals surface area contributed by atoms with Gasteiger partial charge in [0, 0.05) is 19.6 Å². The van der Waals surface area contributed by atoms with E-state index in [1.165, 1.54) is 32.1 Å². The van der Waals surface area contributed by atoms with Gasteiger partial charge in [0.15, 0.2) is 0 Å². The number of ether oxygens (including phenoxy) is 1. The Labute approximate surface area is 109 Å². The lowest BCUT2D eigenvalue weighted by Crippen LogP contribution is -2.35. The predicted octanol–water partition coefficient (Wildman–Crippen LogP) is 2.13. The number of piperidine rings is 1. The molecule has 2 saturated heterocycles. The quantitative estimate of drug-likeness (QED) is 0.790. The molecular formula is C14H25NO3. The molecule has 0 aromatic rings. The highest BCUT2D eigenvalue weighted by atomic mass is 16.5. The van der Waals surface area contributed by atoms with E-state index in [1.54, 1.807) is 0 Å². The smallest absolute Gasteiger partial charge is 0.303 e. The fourth-order valence-electron chi connectivity index (χ4n) is 3.02. The van der Waals surface area contributed by atoms with E-state index < -0.39 is 5.97 Å². The van der Waals surface area contributed by atoms with Crippen LogP contribution in [0, 0.1) is 5.92 Å². The van der Waals surface area contributed by atoms with Crippen LogP contribution in [0.25, 0.3) is 0 Å². The lowest BCUT2D eigenvalue weighted by atomic mass is 9.92. The van der Waals surface area contributed by atoms with Crippen LogP contribution in [-0.4, -0.2) is 48.3 Å². The highest BCUT2D eigenvalue weighted by Gasteiger charge is 2.21. The Bertz CT molecular complexity index is 256. The molecule has 18 heavy (non-hydrogen) atoms. The Hall–Kier alpha value is -0.610. The molecule has 2 aliphatic rings. The molecule has 0 aromatic heterocycles. The summed E-state index contributed by atoms with van der Waals surface area (Å²) in [5, 5.41) is 8.68. The van der Waals surface area contributed by atoms with Crippen LogP contribution in [0.1, 0.15) is 44.9 Å². The maximum Gasteiger partial charge on any atom is 0.303 e. The van der Waals surface area contributed by atoms with Gasteiger partial charge in [-0.1, -0.05) is 0 Å². The Morgan fingerprint density at radius 1 is 1.22 bits per heavy atom. The average molecular weight is 255 g/mol. The van der Waals surface area contributed by atoms with E-state index in [1.807, 2.05) is 0 Å². The molecular weight excluding hydrogens is 230 g/mol. The van der Waals surface area contributed by atoms with Crippen molar-refractivity contribution >= 4 is 5.97 Å². The van der Waals surface area contributed by atoms with E-state index >= 15 is 0 Å².